The lowest BCUT2D eigenvalue weighted by molar-refractivity contribution is -0.0649. The molecule has 29 heavy (non-hydrogen) atoms. The van der Waals surface area contributed by atoms with Gasteiger partial charge in [-0.3, -0.25) is 4.18 Å². The molecule has 5 atom stereocenters. The van der Waals surface area contributed by atoms with E-state index in [4.69, 9.17) is 10.6 Å². The Morgan fingerprint density at radius 2 is 2.03 bits per heavy atom. The minimum absolute atomic E-state index is 0.0379. The summed E-state index contributed by atoms with van der Waals surface area (Å²) in [5, 5.41) is 21.2. The van der Waals surface area contributed by atoms with E-state index in [-0.39, 0.29) is 40.4 Å². The van der Waals surface area contributed by atoms with Gasteiger partial charge in [-0.1, -0.05) is 19.8 Å². The summed E-state index contributed by atoms with van der Waals surface area (Å²) in [7, 11) is -3.94. The molecular weight excluding hydrogens is 388 g/mol. The second-order valence-corrected chi connectivity index (χ2v) is 10.8. The first-order chi connectivity index (χ1) is 13.7. The highest BCUT2D eigenvalue weighted by Crippen LogP contribution is 2.64. The minimum atomic E-state index is -3.94. The first-order valence-corrected chi connectivity index (χ1v) is 12.0. The van der Waals surface area contributed by atoms with Crippen molar-refractivity contribution >= 4 is 10.1 Å². The second-order valence-electron chi connectivity index (χ2n) is 9.21. The molecule has 0 radical (unpaired) electrons. The largest absolute Gasteiger partial charge is 0.508 e. The lowest BCUT2D eigenvalue weighted by Crippen LogP contribution is -2.50. The predicted molar refractivity (Wildman–Crippen MR) is 110 cm³/mol. The molecular formula is C23H30O5S. The van der Waals surface area contributed by atoms with Gasteiger partial charge in [0.25, 0.3) is 10.1 Å². The molecule has 2 fully saturated rings. The molecule has 1 aromatic rings. The maximum absolute atomic E-state index is 12.9. The van der Waals surface area contributed by atoms with E-state index in [0.717, 1.165) is 36.8 Å². The number of phenols is 1. The molecule has 2 N–H and O–H groups in total. The highest BCUT2D eigenvalue weighted by Gasteiger charge is 2.61. The molecule has 0 heterocycles. The SMILES string of the molecule is C#C[C@]1(O)CC[C@H]2[C@@H]3CCc4cc(O)cc(S(=O)(=O)OCCC)c4[C@H]3CCC21C. The van der Waals surface area contributed by atoms with Gasteiger partial charge in [0, 0.05) is 11.5 Å². The molecule has 4 rings (SSSR count). The zero-order chi connectivity index (χ0) is 21.0. The number of phenolic OH excluding ortho intramolecular Hbond substituents is 1. The smallest absolute Gasteiger partial charge is 0.297 e. The van der Waals surface area contributed by atoms with E-state index in [1.165, 1.54) is 6.07 Å². The average Bonchev–Trinajstić information content (AvgIpc) is 2.97. The maximum Gasteiger partial charge on any atom is 0.297 e. The molecule has 158 valence electrons. The summed E-state index contributed by atoms with van der Waals surface area (Å²) in [5.41, 5.74) is 0.290. The topological polar surface area (TPSA) is 83.8 Å². The van der Waals surface area contributed by atoms with Gasteiger partial charge in [0.05, 0.1) is 6.61 Å². The minimum Gasteiger partial charge on any atom is -0.508 e. The highest BCUT2D eigenvalue weighted by molar-refractivity contribution is 7.86. The van der Waals surface area contributed by atoms with Crippen molar-refractivity contribution in [3.8, 4) is 18.1 Å². The number of rotatable bonds is 4. The first kappa shape index (κ1) is 20.7. The molecule has 1 aromatic carbocycles. The number of fused-ring (bicyclic) bond motifs is 5. The molecule has 6 heteroatoms. The summed E-state index contributed by atoms with van der Waals surface area (Å²) >= 11 is 0. The molecule has 3 aliphatic carbocycles. The van der Waals surface area contributed by atoms with Crippen molar-refractivity contribution in [3.05, 3.63) is 23.3 Å². The number of hydrogen-bond donors (Lipinski definition) is 2. The lowest BCUT2D eigenvalue weighted by Gasteiger charge is -2.52. The van der Waals surface area contributed by atoms with E-state index in [9.17, 15) is 18.6 Å². The number of aryl methyl sites for hydroxylation is 1. The van der Waals surface area contributed by atoms with Crippen LogP contribution in [0.4, 0.5) is 0 Å². The third-order valence-corrected chi connectivity index (χ3v) is 9.22. The van der Waals surface area contributed by atoms with Gasteiger partial charge >= 0.3 is 0 Å². The van der Waals surface area contributed by atoms with Gasteiger partial charge in [0.2, 0.25) is 0 Å². The van der Waals surface area contributed by atoms with Crippen LogP contribution in [0, 0.1) is 29.6 Å². The van der Waals surface area contributed by atoms with E-state index in [1.807, 2.05) is 6.92 Å². The number of benzene rings is 1. The summed E-state index contributed by atoms with van der Waals surface area (Å²) in [6, 6.07) is 3.04. The quantitative estimate of drug-likeness (QED) is 0.575. The Hall–Kier alpha value is -1.55. The molecule has 0 amide bonds. The average molecular weight is 419 g/mol. The van der Waals surface area contributed by atoms with Crippen molar-refractivity contribution in [1.82, 2.24) is 0 Å². The van der Waals surface area contributed by atoms with Crippen LogP contribution in [0.1, 0.15) is 69.4 Å². The van der Waals surface area contributed by atoms with Crippen LogP contribution in [0.3, 0.4) is 0 Å². The van der Waals surface area contributed by atoms with E-state index in [0.29, 0.717) is 19.3 Å². The summed E-state index contributed by atoms with van der Waals surface area (Å²) in [6.07, 6.45) is 10.9. The highest BCUT2D eigenvalue weighted by atomic mass is 32.2. The third-order valence-electron chi connectivity index (χ3n) is 7.87. The molecule has 1 unspecified atom stereocenters. The third kappa shape index (κ3) is 3.01. The summed E-state index contributed by atoms with van der Waals surface area (Å²) < 4.78 is 31.1. The lowest BCUT2D eigenvalue weighted by atomic mass is 9.53. The zero-order valence-electron chi connectivity index (χ0n) is 17.1. The van der Waals surface area contributed by atoms with Crippen molar-refractivity contribution in [3.63, 3.8) is 0 Å². The van der Waals surface area contributed by atoms with Crippen LogP contribution in [0.15, 0.2) is 17.0 Å². The Kier molecular flexibility index (Phi) is 5.00. The molecule has 0 saturated heterocycles. The van der Waals surface area contributed by atoms with Crippen molar-refractivity contribution in [2.24, 2.45) is 17.3 Å². The van der Waals surface area contributed by atoms with Gasteiger partial charge in [-0.05, 0) is 79.9 Å². The van der Waals surface area contributed by atoms with Crippen molar-refractivity contribution in [1.29, 1.82) is 0 Å². The molecule has 0 spiro atoms. The van der Waals surface area contributed by atoms with Gasteiger partial charge in [0.15, 0.2) is 0 Å². The molecule has 0 aliphatic heterocycles. The Morgan fingerprint density at radius 1 is 1.28 bits per heavy atom. The first-order valence-electron chi connectivity index (χ1n) is 10.6. The Balaban J connectivity index is 1.78. The Labute approximate surface area is 173 Å². The second kappa shape index (κ2) is 7.01. The van der Waals surface area contributed by atoms with Crippen LogP contribution >= 0.6 is 0 Å². The van der Waals surface area contributed by atoms with Crippen LogP contribution < -0.4 is 0 Å². The van der Waals surface area contributed by atoms with E-state index in [1.54, 1.807) is 6.07 Å². The summed E-state index contributed by atoms with van der Waals surface area (Å²) in [4.78, 5) is 0.115. The number of hydrogen-bond acceptors (Lipinski definition) is 5. The summed E-state index contributed by atoms with van der Waals surface area (Å²) in [5.74, 6) is 3.24. The predicted octanol–water partition coefficient (Wildman–Crippen LogP) is 3.73. The van der Waals surface area contributed by atoms with Crippen LogP contribution in [0.5, 0.6) is 5.75 Å². The van der Waals surface area contributed by atoms with Crippen LogP contribution in [-0.2, 0) is 20.7 Å². The van der Waals surface area contributed by atoms with Crippen LogP contribution in [0.2, 0.25) is 0 Å². The van der Waals surface area contributed by atoms with Gasteiger partial charge in [-0.25, -0.2) is 0 Å². The van der Waals surface area contributed by atoms with Crippen molar-refractivity contribution in [2.45, 2.75) is 75.2 Å². The molecule has 2 saturated carbocycles. The molecule has 0 bridgehead atoms. The molecule has 3 aliphatic rings. The number of aromatic hydroxyl groups is 1. The fourth-order valence-electron chi connectivity index (χ4n) is 6.38. The Bertz CT molecular complexity index is 962. The Morgan fingerprint density at radius 3 is 2.72 bits per heavy atom. The summed E-state index contributed by atoms with van der Waals surface area (Å²) in [6.45, 7) is 4.09. The number of terminal acetylenes is 1. The molecule has 0 aromatic heterocycles. The normalized spacial score (nSPS) is 36.0. The number of aliphatic hydroxyl groups is 1. The van der Waals surface area contributed by atoms with Crippen LogP contribution in [-0.4, -0.2) is 30.8 Å². The van der Waals surface area contributed by atoms with E-state index in [2.05, 4.69) is 12.8 Å². The van der Waals surface area contributed by atoms with Crippen molar-refractivity contribution in [2.75, 3.05) is 6.61 Å². The van der Waals surface area contributed by atoms with Crippen LogP contribution in [0.25, 0.3) is 0 Å². The fraction of sp³-hybridized carbons (Fsp3) is 0.652. The van der Waals surface area contributed by atoms with E-state index >= 15 is 0 Å². The van der Waals surface area contributed by atoms with Gasteiger partial charge in [-0.2, -0.15) is 8.42 Å². The maximum atomic E-state index is 12.9. The molecule has 5 nitrogen and oxygen atoms in total. The van der Waals surface area contributed by atoms with E-state index < -0.39 is 15.7 Å². The van der Waals surface area contributed by atoms with Gasteiger partial charge < -0.3 is 10.2 Å². The fourth-order valence-corrected chi connectivity index (χ4v) is 7.71. The zero-order valence-corrected chi connectivity index (χ0v) is 18.0. The van der Waals surface area contributed by atoms with Gasteiger partial charge in [-0.15, -0.1) is 6.42 Å². The standard InChI is InChI=1S/C23H30O5S/c1-4-12-28-29(26,27)20-14-16(24)13-15-6-7-17-18(21(15)20)8-10-22(3)19(17)9-11-23(22,25)5-2/h2,13-14,17-19,24-25H,4,6-12H2,1,3H3/t17-,18+,19+,22?,23+/m1/s1. The monoisotopic (exact) mass is 418 g/mol. The van der Waals surface area contributed by atoms with Crippen molar-refractivity contribution < 1.29 is 22.8 Å². The van der Waals surface area contributed by atoms with Gasteiger partial charge in [0.1, 0.15) is 16.2 Å².